The van der Waals surface area contributed by atoms with Gasteiger partial charge in [-0.3, -0.25) is 9.59 Å². The molecule has 1 atom stereocenters. The van der Waals surface area contributed by atoms with Crippen LogP contribution in [0.25, 0.3) is 0 Å². The Labute approximate surface area is 117 Å². The molecule has 108 valence electrons. The summed E-state index contributed by atoms with van der Waals surface area (Å²) in [6.07, 6.45) is 0.150. The van der Waals surface area contributed by atoms with E-state index in [0.29, 0.717) is 11.4 Å². The molecule has 0 radical (unpaired) electrons. The van der Waals surface area contributed by atoms with E-state index in [-0.39, 0.29) is 19.0 Å². The van der Waals surface area contributed by atoms with Crippen molar-refractivity contribution in [3.63, 3.8) is 0 Å². The Hall–Kier alpha value is -2.08. The molecule has 20 heavy (non-hydrogen) atoms. The fourth-order valence-electron chi connectivity index (χ4n) is 2.09. The molecule has 0 bridgehead atoms. The summed E-state index contributed by atoms with van der Waals surface area (Å²) in [5.41, 5.74) is 5.97. The summed E-state index contributed by atoms with van der Waals surface area (Å²) in [6.45, 7) is 3.19. The van der Waals surface area contributed by atoms with Gasteiger partial charge in [0.15, 0.2) is 6.10 Å². The van der Waals surface area contributed by atoms with Crippen LogP contribution in [-0.4, -0.2) is 37.6 Å². The zero-order valence-electron chi connectivity index (χ0n) is 11.5. The molecule has 1 heterocycles. The van der Waals surface area contributed by atoms with Gasteiger partial charge in [-0.25, -0.2) is 0 Å². The SMILES string of the molecule is CCCNCC(=O)N1CC(C(N)=O)Oc2ccccc21. The molecule has 0 fully saturated rings. The molecule has 0 spiro atoms. The predicted molar refractivity (Wildman–Crippen MR) is 75.6 cm³/mol. The van der Waals surface area contributed by atoms with Crippen LogP contribution in [0.1, 0.15) is 13.3 Å². The first-order valence-electron chi connectivity index (χ1n) is 6.69. The van der Waals surface area contributed by atoms with Crippen LogP contribution in [0.15, 0.2) is 24.3 Å². The van der Waals surface area contributed by atoms with Crippen molar-refractivity contribution in [3.05, 3.63) is 24.3 Å². The number of para-hydroxylation sites is 2. The zero-order chi connectivity index (χ0) is 14.5. The maximum absolute atomic E-state index is 12.3. The number of rotatable bonds is 5. The summed E-state index contributed by atoms with van der Waals surface area (Å²) >= 11 is 0. The summed E-state index contributed by atoms with van der Waals surface area (Å²) in [6, 6.07) is 7.14. The number of nitrogens with zero attached hydrogens (tertiary/aromatic N) is 1. The van der Waals surface area contributed by atoms with Crippen molar-refractivity contribution >= 4 is 17.5 Å². The number of anilines is 1. The Balaban J connectivity index is 2.18. The fraction of sp³-hybridized carbons (Fsp3) is 0.429. The highest BCUT2D eigenvalue weighted by atomic mass is 16.5. The van der Waals surface area contributed by atoms with Crippen LogP contribution < -0.4 is 20.7 Å². The summed E-state index contributed by atoms with van der Waals surface area (Å²) in [5.74, 6) is -0.161. The lowest BCUT2D eigenvalue weighted by Gasteiger charge is -2.33. The number of nitrogens with one attached hydrogen (secondary N) is 1. The number of hydrogen-bond acceptors (Lipinski definition) is 4. The van der Waals surface area contributed by atoms with E-state index in [2.05, 4.69) is 5.32 Å². The quantitative estimate of drug-likeness (QED) is 0.756. The molecule has 0 aromatic heterocycles. The Bertz CT molecular complexity index is 504. The molecule has 1 aromatic rings. The van der Waals surface area contributed by atoms with Gasteiger partial charge in [0.25, 0.3) is 5.91 Å². The molecule has 2 amide bonds. The van der Waals surface area contributed by atoms with Gasteiger partial charge in [0.05, 0.1) is 18.8 Å². The molecule has 1 aliphatic heterocycles. The van der Waals surface area contributed by atoms with Gasteiger partial charge in [-0.15, -0.1) is 0 Å². The lowest BCUT2D eigenvalue weighted by molar-refractivity contribution is -0.125. The molecule has 0 aliphatic carbocycles. The lowest BCUT2D eigenvalue weighted by Crippen LogP contribution is -2.51. The molecular formula is C14H19N3O3. The first kappa shape index (κ1) is 14.3. The van der Waals surface area contributed by atoms with E-state index in [4.69, 9.17) is 10.5 Å². The Morgan fingerprint density at radius 1 is 1.45 bits per heavy atom. The van der Waals surface area contributed by atoms with E-state index in [1.807, 2.05) is 13.0 Å². The van der Waals surface area contributed by atoms with E-state index in [1.165, 1.54) is 0 Å². The van der Waals surface area contributed by atoms with Crippen LogP contribution in [-0.2, 0) is 9.59 Å². The monoisotopic (exact) mass is 277 g/mol. The normalized spacial score (nSPS) is 17.2. The van der Waals surface area contributed by atoms with Crippen molar-refractivity contribution < 1.29 is 14.3 Å². The van der Waals surface area contributed by atoms with E-state index in [9.17, 15) is 9.59 Å². The van der Waals surface area contributed by atoms with E-state index < -0.39 is 12.0 Å². The Morgan fingerprint density at radius 2 is 2.20 bits per heavy atom. The molecule has 2 rings (SSSR count). The molecular weight excluding hydrogens is 258 g/mol. The zero-order valence-corrected chi connectivity index (χ0v) is 11.5. The van der Waals surface area contributed by atoms with Gasteiger partial charge in [0.1, 0.15) is 5.75 Å². The van der Waals surface area contributed by atoms with Crippen molar-refractivity contribution in [2.45, 2.75) is 19.4 Å². The number of benzene rings is 1. The molecule has 0 saturated heterocycles. The minimum Gasteiger partial charge on any atom is -0.477 e. The van der Waals surface area contributed by atoms with Crippen molar-refractivity contribution in [1.29, 1.82) is 0 Å². The second-order valence-electron chi connectivity index (χ2n) is 4.66. The van der Waals surface area contributed by atoms with Crippen LogP contribution in [0.5, 0.6) is 5.75 Å². The van der Waals surface area contributed by atoms with Gasteiger partial charge in [-0.05, 0) is 25.1 Å². The number of primary amides is 1. The van der Waals surface area contributed by atoms with Crippen LogP contribution in [0.3, 0.4) is 0 Å². The third kappa shape index (κ3) is 3.08. The molecule has 1 unspecified atom stereocenters. The summed E-state index contributed by atoms with van der Waals surface area (Å²) in [5, 5.41) is 3.06. The second-order valence-corrected chi connectivity index (χ2v) is 4.66. The Morgan fingerprint density at radius 3 is 2.90 bits per heavy atom. The average molecular weight is 277 g/mol. The largest absolute Gasteiger partial charge is 0.477 e. The smallest absolute Gasteiger partial charge is 0.260 e. The van der Waals surface area contributed by atoms with E-state index in [0.717, 1.165) is 13.0 Å². The first-order chi connectivity index (χ1) is 9.63. The summed E-state index contributed by atoms with van der Waals surface area (Å²) in [7, 11) is 0. The van der Waals surface area contributed by atoms with Gasteiger partial charge in [-0.2, -0.15) is 0 Å². The number of carbonyl (C=O) groups excluding carboxylic acids is 2. The van der Waals surface area contributed by atoms with Crippen LogP contribution in [0, 0.1) is 0 Å². The number of carbonyl (C=O) groups is 2. The highest BCUT2D eigenvalue weighted by Gasteiger charge is 2.32. The fourth-order valence-corrected chi connectivity index (χ4v) is 2.09. The van der Waals surface area contributed by atoms with Crippen LogP contribution in [0.4, 0.5) is 5.69 Å². The lowest BCUT2D eigenvalue weighted by atomic mass is 10.1. The van der Waals surface area contributed by atoms with Gasteiger partial charge >= 0.3 is 0 Å². The minimum atomic E-state index is -0.806. The van der Waals surface area contributed by atoms with Crippen LogP contribution >= 0.6 is 0 Å². The minimum absolute atomic E-state index is 0.0968. The maximum atomic E-state index is 12.3. The van der Waals surface area contributed by atoms with Crippen molar-refractivity contribution in [2.75, 3.05) is 24.5 Å². The van der Waals surface area contributed by atoms with Crippen molar-refractivity contribution in [2.24, 2.45) is 5.73 Å². The third-order valence-corrected chi connectivity index (χ3v) is 3.10. The number of ether oxygens (including phenoxy) is 1. The summed E-state index contributed by atoms with van der Waals surface area (Å²) in [4.78, 5) is 25.1. The Kier molecular flexibility index (Phi) is 4.57. The van der Waals surface area contributed by atoms with Gasteiger partial charge in [-0.1, -0.05) is 19.1 Å². The number of fused-ring (bicyclic) bond motifs is 1. The molecule has 0 saturated carbocycles. The number of hydrogen-bond donors (Lipinski definition) is 2. The topological polar surface area (TPSA) is 84.7 Å². The van der Waals surface area contributed by atoms with E-state index >= 15 is 0 Å². The predicted octanol–water partition coefficient (Wildman–Crippen LogP) is 0.265. The van der Waals surface area contributed by atoms with Crippen LogP contribution in [0.2, 0.25) is 0 Å². The third-order valence-electron chi connectivity index (χ3n) is 3.10. The molecule has 6 heteroatoms. The highest BCUT2D eigenvalue weighted by molar-refractivity contribution is 5.98. The highest BCUT2D eigenvalue weighted by Crippen LogP contribution is 2.32. The van der Waals surface area contributed by atoms with Crippen molar-refractivity contribution in [1.82, 2.24) is 5.32 Å². The number of nitrogens with two attached hydrogens (primary N) is 1. The van der Waals surface area contributed by atoms with Gasteiger partial charge in [0.2, 0.25) is 5.91 Å². The molecule has 3 N–H and O–H groups in total. The summed E-state index contributed by atoms with van der Waals surface area (Å²) < 4.78 is 5.51. The van der Waals surface area contributed by atoms with E-state index in [1.54, 1.807) is 23.1 Å². The number of amides is 2. The first-order valence-corrected chi connectivity index (χ1v) is 6.69. The molecule has 6 nitrogen and oxygen atoms in total. The molecule has 1 aromatic carbocycles. The van der Waals surface area contributed by atoms with Gasteiger partial charge < -0.3 is 20.7 Å². The average Bonchev–Trinajstić information content (AvgIpc) is 2.46. The standard InChI is InChI=1S/C14H19N3O3/c1-2-7-16-8-13(18)17-9-12(14(15)19)20-11-6-4-3-5-10(11)17/h3-6,12,16H,2,7-9H2,1H3,(H2,15,19). The van der Waals surface area contributed by atoms with Gasteiger partial charge in [0, 0.05) is 0 Å². The maximum Gasteiger partial charge on any atom is 0.260 e. The van der Waals surface area contributed by atoms with Crippen molar-refractivity contribution in [3.8, 4) is 5.75 Å². The second kappa shape index (κ2) is 6.38. The molecule has 1 aliphatic rings.